The summed E-state index contributed by atoms with van der Waals surface area (Å²) >= 11 is 3.25. The molecule has 10 heteroatoms. The van der Waals surface area contributed by atoms with E-state index in [-0.39, 0.29) is 11.9 Å². The quantitative estimate of drug-likeness (QED) is 0.388. The van der Waals surface area contributed by atoms with E-state index in [0.29, 0.717) is 23.8 Å². The molecule has 1 aliphatic heterocycles. The van der Waals surface area contributed by atoms with Crippen LogP contribution in [0.1, 0.15) is 28.3 Å². The summed E-state index contributed by atoms with van der Waals surface area (Å²) in [5.74, 6) is 0.831. The molecule has 1 aliphatic rings. The Kier molecular flexibility index (Phi) is 6.50. The molecule has 0 bridgehead atoms. The van der Waals surface area contributed by atoms with E-state index >= 15 is 0 Å². The maximum Gasteiger partial charge on any atom is 0.146 e. The van der Waals surface area contributed by atoms with E-state index in [1.807, 2.05) is 18.5 Å². The van der Waals surface area contributed by atoms with Gasteiger partial charge in [-0.3, -0.25) is 4.90 Å². The van der Waals surface area contributed by atoms with Gasteiger partial charge in [-0.2, -0.15) is 0 Å². The summed E-state index contributed by atoms with van der Waals surface area (Å²) in [5, 5.41) is 7.43. The molecule has 1 fully saturated rings. The molecule has 5 rings (SSSR count). The summed E-state index contributed by atoms with van der Waals surface area (Å²) in [6.07, 6.45) is 5.15. The molecule has 0 radical (unpaired) electrons. The minimum atomic E-state index is -0.332. The van der Waals surface area contributed by atoms with Crippen LogP contribution in [0.2, 0.25) is 0 Å². The second kappa shape index (κ2) is 9.68. The van der Waals surface area contributed by atoms with Crippen LogP contribution in [0.25, 0.3) is 10.2 Å². The Morgan fingerprint density at radius 1 is 1.24 bits per heavy atom. The molecule has 4 heterocycles. The predicted octanol–water partition coefficient (Wildman–Crippen LogP) is 4.84. The van der Waals surface area contributed by atoms with E-state index in [9.17, 15) is 4.39 Å². The van der Waals surface area contributed by atoms with E-state index in [1.165, 1.54) is 18.5 Å². The molecule has 0 amide bonds. The second-order valence-corrected chi connectivity index (χ2v) is 10.1. The van der Waals surface area contributed by atoms with Crippen molar-refractivity contribution < 1.29 is 9.13 Å². The van der Waals surface area contributed by atoms with Gasteiger partial charge >= 0.3 is 0 Å². The first-order valence-electron chi connectivity index (χ1n) is 10.9. The van der Waals surface area contributed by atoms with Gasteiger partial charge in [-0.25, -0.2) is 19.3 Å². The fraction of sp³-hybridized carbons (Fsp3) is 0.348. The number of nitrogens with one attached hydrogen (secondary N) is 1. The monoisotopic (exact) mass is 484 g/mol. The van der Waals surface area contributed by atoms with Crippen molar-refractivity contribution in [1.82, 2.24) is 19.9 Å². The maximum atomic E-state index is 14.1. The van der Waals surface area contributed by atoms with Crippen molar-refractivity contribution >= 4 is 44.4 Å². The number of rotatable bonds is 7. The number of halogens is 1. The number of aromatic nitrogens is 3. The topological polar surface area (TPSA) is 89.2 Å². The number of fused-ring (bicyclic) bond motifs is 1. The number of likely N-dealkylation sites (tertiary alicyclic amines) is 1. The molecule has 33 heavy (non-hydrogen) atoms. The molecular weight excluding hydrogens is 459 g/mol. The Morgan fingerprint density at radius 2 is 2.09 bits per heavy atom. The predicted molar refractivity (Wildman–Crippen MR) is 131 cm³/mol. The summed E-state index contributed by atoms with van der Waals surface area (Å²) in [4.78, 5) is 17.5. The number of hydrogen-bond donors (Lipinski definition) is 2. The minimum Gasteiger partial charge on any atom is -0.488 e. The van der Waals surface area contributed by atoms with Gasteiger partial charge < -0.3 is 15.8 Å². The van der Waals surface area contributed by atoms with E-state index < -0.39 is 0 Å². The number of aryl methyl sites for hydroxylation is 1. The summed E-state index contributed by atoms with van der Waals surface area (Å²) in [7, 11) is 0. The molecule has 0 aliphatic carbocycles. The number of piperidine rings is 1. The first kappa shape index (κ1) is 22.1. The molecule has 4 aromatic rings. The van der Waals surface area contributed by atoms with E-state index in [0.717, 1.165) is 58.1 Å². The van der Waals surface area contributed by atoms with E-state index in [4.69, 9.17) is 10.5 Å². The highest BCUT2D eigenvalue weighted by atomic mass is 32.1. The van der Waals surface area contributed by atoms with Gasteiger partial charge in [0.25, 0.3) is 0 Å². The first-order chi connectivity index (χ1) is 16.1. The maximum absolute atomic E-state index is 14.1. The summed E-state index contributed by atoms with van der Waals surface area (Å²) in [5.41, 5.74) is 7.63. The molecule has 0 atom stereocenters. The van der Waals surface area contributed by atoms with Crippen LogP contribution < -0.4 is 15.8 Å². The third-order valence-electron chi connectivity index (χ3n) is 5.88. The number of ether oxygens (including phenoxy) is 1. The van der Waals surface area contributed by atoms with Crippen molar-refractivity contribution in [1.29, 1.82) is 0 Å². The van der Waals surface area contributed by atoms with Crippen molar-refractivity contribution in [3.63, 3.8) is 0 Å². The van der Waals surface area contributed by atoms with Crippen LogP contribution in [0.15, 0.2) is 36.1 Å². The lowest BCUT2D eigenvalue weighted by atomic mass is 10.1. The fourth-order valence-corrected chi connectivity index (χ4v) is 5.80. The van der Waals surface area contributed by atoms with Gasteiger partial charge in [-0.15, -0.1) is 22.7 Å². The highest BCUT2D eigenvalue weighted by Gasteiger charge is 2.23. The Morgan fingerprint density at radius 3 is 2.85 bits per heavy atom. The van der Waals surface area contributed by atoms with Gasteiger partial charge in [0, 0.05) is 42.2 Å². The van der Waals surface area contributed by atoms with Gasteiger partial charge in [0.2, 0.25) is 0 Å². The number of anilines is 2. The summed E-state index contributed by atoms with van der Waals surface area (Å²) in [6, 6.07) is 4.56. The van der Waals surface area contributed by atoms with E-state index in [1.54, 1.807) is 28.7 Å². The highest BCUT2D eigenvalue weighted by Crippen LogP contribution is 2.37. The number of nitrogens with two attached hydrogens (primary N) is 1. The molecule has 1 aromatic carbocycles. The van der Waals surface area contributed by atoms with Crippen LogP contribution in [0.4, 0.5) is 15.9 Å². The molecule has 7 nitrogen and oxygen atoms in total. The molecule has 172 valence electrons. The first-order valence-corrected chi connectivity index (χ1v) is 12.6. The number of thiophene rings is 1. The Hall–Kier alpha value is -2.66. The second-order valence-electron chi connectivity index (χ2n) is 8.04. The summed E-state index contributed by atoms with van der Waals surface area (Å²) < 4.78 is 20.4. The van der Waals surface area contributed by atoms with Crippen molar-refractivity contribution in [2.24, 2.45) is 5.73 Å². The van der Waals surface area contributed by atoms with Crippen LogP contribution in [-0.2, 0) is 13.1 Å². The zero-order valence-corrected chi connectivity index (χ0v) is 19.9. The number of hydrogen-bond acceptors (Lipinski definition) is 9. The standard InChI is InChI=1S/C23H25FN6OS2/c1-14-19(11-25)33-23-21(14)22(27-13-28-23)29-17-3-2-15(24)10-18(17)31-16-4-7-30(8-5-16)12-20-26-6-9-32-20/h2-3,6,9-10,13,16H,4-5,7-8,11-12,25H2,1H3,(H,27,28,29). The molecule has 3 aromatic heterocycles. The molecule has 1 saturated heterocycles. The van der Waals surface area contributed by atoms with Gasteiger partial charge in [0.05, 0.1) is 17.6 Å². The van der Waals surface area contributed by atoms with E-state index in [2.05, 4.69) is 25.2 Å². The van der Waals surface area contributed by atoms with Crippen LogP contribution in [-0.4, -0.2) is 39.0 Å². The van der Waals surface area contributed by atoms with Gasteiger partial charge in [0.15, 0.2) is 0 Å². The smallest absolute Gasteiger partial charge is 0.146 e. The zero-order valence-electron chi connectivity index (χ0n) is 18.3. The van der Waals surface area contributed by atoms with Crippen LogP contribution in [0, 0.1) is 12.7 Å². The van der Waals surface area contributed by atoms with Gasteiger partial charge in [-0.05, 0) is 37.5 Å². The molecule has 0 unspecified atom stereocenters. The largest absolute Gasteiger partial charge is 0.488 e. The van der Waals surface area contributed by atoms with Crippen molar-refractivity contribution in [3.05, 3.63) is 57.4 Å². The average molecular weight is 485 g/mol. The lowest BCUT2D eigenvalue weighted by molar-refractivity contribution is 0.0970. The normalized spacial score (nSPS) is 15.2. The third-order valence-corrected chi connectivity index (χ3v) is 7.86. The molecule has 3 N–H and O–H groups in total. The van der Waals surface area contributed by atoms with Crippen molar-refractivity contribution in [2.45, 2.75) is 39.0 Å². The van der Waals surface area contributed by atoms with Crippen LogP contribution >= 0.6 is 22.7 Å². The number of thiazole rings is 1. The minimum absolute atomic E-state index is 0.0250. The number of benzene rings is 1. The number of nitrogens with zero attached hydrogens (tertiary/aromatic N) is 4. The summed E-state index contributed by atoms with van der Waals surface area (Å²) in [6.45, 7) is 5.19. The Balaban J connectivity index is 1.32. The third kappa shape index (κ3) is 4.84. The molecule has 0 spiro atoms. The van der Waals surface area contributed by atoms with Crippen molar-refractivity contribution in [3.8, 4) is 5.75 Å². The highest BCUT2D eigenvalue weighted by molar-refractivity contribution is 7.18. The zero-order chi connectivity index (χ0) is 22.8. The SMILES string of the molecule is Cc1c(CN)sc2ncnc(Nc3ccc(F)cc3OC3CCN(Cc4nccs4)CC3)c12. The van der Waals surface area contributed by atoms with Crippen LogP contribution in [0.5, 0.6) is 5.75 Å². The van der Waals surface area contributed by atoms with Gasteiger partial charge in [0.1, 0.15) is 39.7 Å². The van der Waals surface area contributed by atoms with Gasteiger partial charge in [-0.1, -0.05) is 0 Å². The van der Waals surface area contributed by atoms with Crippen molar-refractivity contribution in [2.75, 3.05) is 18.4 Å². The Bertz CT molecular complexity index is 1240. The fourth-order valence-electron chi connectivity index (χ4n) is 4.12. The lowest BCUT2D eigenvalue weighted by Gasteiger charge is -2.32. The molecule has 0 saturated carbocycles. The Labute approximate surface area is 199 Å². The average Bonchev–Trinajstić information content (AvgIpc) is 3.45. The lowest BCUT2D eigenvalue weighted by Crippen LogP contribution is -2.37. The van der Waals surface area contributed by atoms with Crippen LogP contribution in [0.3, 0.4) is 0 Å². The molecular formula is C23H25FN6OS2.